The first-order valence-electron chi connectivity index (χ1n) is 6.93. The molecule has 0 unspecified atom stereocenters. The van der Waals surface area contributed by atoms with Crippen molar-refractivity contribution in [1.82, 2.24) is 14.8 Å². The van der Waals surface area contributed by atoms with Gasteiger partial charge in [-0.25, -0.2) is 9.78 Å². The molecule has 24 heavy (non-hydrogen) atoms. The average Bonchev–Trinajstić information content (AvgIpc) is 3.06. The number of fused-ring (bicyclic) bond motifs is 1. The molecule has 4 rings (SSSR count). The summed E-state index contributed by atoms with van der Waals surface area (Å²) in [6, 6.07) is 11.2. The standard InChI is InChI=1S/C16H9N3O4S/c20-13-5-6-14(21)19(18-13)16-17-11(8-24-16)10-7-9-3-1-2-4-12(9)23-15(10)22/h1-8H,(H,18,20). The molecule has 7 nitrogen and oxygen atoms in total. The van der Waals surface area contributed by atoms with Crippen LogP contribution < -0.4 is 16.7 Å². The Morgan fingerprint density at radius 1 is 1.08 bits per heavy atom. The Bertz CT molecular complexity index is 1230. The van der Waals surface area contributed by atoms with Gasteiger partial charge in [0.15, 0.2) is 0 Å². The highest BCUT2D eigenvalue weighted by molar-refractivity contribution is 7.12. The lowest BCUT2D eigenvalue weighted by Gasteiger charge is -2.00. The monoisotopic (exact) mass is 339 g/mol. The SMILES string of the molecule is O=c1ccc(=O)n(-c2nc(-c3cc4ccccc4oc3=O)cs2)[nH]1. The number of thiazole rings is 1. The first kappa shape index (κ1) is 14.3. The molecule has 0 aliphatic heterocycles. The summed E-state index contributed by atoms with van der Waals surface area (Å²) in [5.74, 6) is 0. The minimum atomic E-state index is -0.514. The van der Waals surface area contributed by atoms with Gasteiger partial charge in [0.25, 0.3) is 11.1 Å². The Hall–Kier alpha value is -3.26. The lowest BCUT2D eigenvalue weighted by atomic mass is 10.1. The highest BCUT2D eigenvalue weighted by Crippen LogP contribution is 2.23. The van der Waals surface area contributed by atoms with E-state index in [9.17, 15) is 14.4 Å². The number of aromatic amines is 1. The number of hydrogen-bond acceptors (Lipinski definition) is 6. The minimum Gasteiger partial charge on any atom is -0.422 e. The van der Waals surface area contributed by atoms with Gasteiger partial charge in [-0.1, -0.05) is 18.2 Å². The van der Waals surface area contributed by atoms with Crippen LogP contribution in [0.25, 0.3) is 27.4 Å². The second-order valence-electron chi connectivity index (χ2n) is 4.98. The van der Waals surface area contributed by atoms with Crippen molar-refractivity contribution in [2.75, 3.05) is 0 Å². The fourth-order valence-corrected chi connectivity index (χ4v) is 3.09. The largest absolute Gasteiger partial charge is 0.422 e. The third-order valence-electron chi connectivity index (χ3n) is 3.42. The van der Waals surface area contributed by atoms with Gasteiger partial charge in [-0.3, -0.25) is 14.7 Å². The van der Waals surface area contributed by atoms with Gasteiger partial charge in [0.1, 0.15) is 5.58 Å². The number of H-pyrrole nitrogens is 1. The van der Waals surface area contributed by atoms with Crippen LogP contribution in [0.5, 0.6) is 0 Å². The van der Waals surface area contributed by atoms with Crippen molar-refractivity contribution in [2.45, 2.75) is 0 Å². The van der Waals surface area contributed by atoms with Gasteiger partial charge in [-0.2, -0.15) is 4.68 Å². The summed E-state index contributed by atoms with van der Waals surface area (Å²) in [5, 5.41) is 5.06. The van der Waals surface area contributed by atoms with Crippen LogP contribution in [-0.2, 0) is 0 Å². The number of hydrogen-bond donors (Lipinski definition) is 1. The third kappa shape index (κ3) is 2.38. The molecule has 3 aromatic heterocycles. The molecule has 3 heterocycles. The van der Waals surface area contributed by atoms with E-state index >= 15 is 0 Å². The topological polar surface area (TPSA) is 98.0 Å². The van der Waals surface area contributed by atoms with Gasteiger partial charge in [0, 0.05) is 22.9 Å². The summed E-state index contributed by atoms with van der Waals surface area (Å²) in [5.41, 5.74) is -0.184. The maximum Gasteiger partial charge on any atom is 0.345 e. The van der Waals surface area contributed by atoms with E-state index in [1.54, 1.807) is 23.6 Å². The molecule has 0 aliphatic rings. The summed E-state index contributed by atoms with van der Waals surface area (Å²) < 4.78 is 6.33. The quantitative estimate of drug-likeness (QED) is 0.561. The molecule has 1 N–H and O–H groups in total. The molecule has 0 saturated heterocycles. The number of benzene rings is 1. The Morgan fingerprint density at radius 2 is 1.92 bits per heavy atom. The number of nitrogens with one attached hydrogen (secondary N) is 1. The van der Waals surface area contributed by atoms with E-state index in [0.29, 0.717) is 16.8 Å². The molecule has 4 aromatic rings. The van der Waals surface area contributed by atoms with Crippen molar-refractivity contribution < 1.29 is 4.42 Å². The molecule has 0 bridgehead atoms. The number of para-hydroxylation sites is 1. The maximum atomic E-state index is 12.2. The molecule has 1 aromatic carbocycles. The van der Waals surface area contributed by atoms with Crippen LogP contribution >= 0.6 is 11.3 Å². The van der Waals surface area contributed by atoms with Gasteiger partial charge in [-0.15, -0.1) is 11.3 Å². The highest BCUT2D eigenvalue weighted by Gasteiger charge is 2.13. The molecule has 0 aliphatic carbocycles. The third-order valence-corrected chi connectivity index (χ3v) is 4.25. The normalized spacial score (nSPS) is 11.0. The van der Waals surface area contributed by atoms with Crippen molar-refractivity contribution in [3.05, 3.63) is 79.0 Å². The molecule has 8 heteroatoms. The van der Waals surface area contributed by atoms with E-state index in [4.69, 9.17) is 4.42 Å². The van der Waals surface area contributed by atoms with E-state index in [-0.39, 0.29) is 5.13 Å². The molecule has 118 valence electrons. The Labute approximate surface area is 137 Å². The summed E-state index contributed by atoms with van der Waals surface area (Å²) in [4.78, 5) is 39.7. The minimum absolute atomic E-state index is 0.264. The zero-order valence-corrected chi connectivity index (χ0v) is 12.9. The summed E-state index contributed by atoms with van der Waals surface area (Å²) >= 11 is 1.14. The van der Waals surface area contributed by atoms with Crippen LogP contribution in [0.1, 0.15) is 0 Å². The zero-order valence-electron chi connectivity index (χ0n) is 12.1. The number of rotatable bonds is 2. The van der Waals surface area contributed by atoms with Crippen LogP contribution in [0.15, 0.2) is 66.6 Å². The molecule has 0 amide bonds. The van der Waals surface area contributed by atoms with Gasteiger partial charge in [0.2, 0.25) is 5.13 Å². The Kier molecular flexibility index (Phi) is 3.24. The fourth-order valence-electron chi connectivity index (χ4n) is 2.30. The first-order chi connectivity index (χ1) is 11.6. The predicted molar refractivity (Wildman–Crippen MR) is 89.8 cm³/mol. The summed E-state index contributed by atoms with van der Waals surface area (Å²) in [7, 11) is 0. The van der Waals surface area contributed by atoms with Gasteiger partial charge in [0.05, 0.1) is 11.3 Å². The van der Waals surface area contributed by atoms with E-state index in [0.717, 1.165) is 33.5 Å². The molecular weight excluding hydrogens is 330 g/mol. The second kappa shape index (κ2) is 5.43. The van der Waals surface area contributed by atoms with Crippen LogP contribution in [0.2, 0.25) is 0 Å². The van der Waals surface area contributed by atoms with Crippen LogP contribution in [0, 0.1) is 0 Å². The molecule has 0 atom stereocenters. The molecule has 0 fully saturated rings. The Balaban J connectivity index is 1.88. The van der Waals surface area contributed by atoms with Gasteiger partial charge >= 0.3 is 5.63 Å². The van der Waals surface area contributed by atoms with E-state index < -0.39 is 16.7 Å². The van der Waals surface area contributed by atoms with Gasteiger partial charge in [-0.05, 0) is 12.1 Å². The molecule has 0 radical (unpaired) electrons. The van der Waals surface area contributed by atoms with Crippen molar-refractivity contribution in [1.29, 1.82) is 0 Å². The summed E-state index contributed by atoms with van der Waals surface area (Å²) in [6.45, 7) is 0. The van der Waals surface area contributed by atoms with E-state index in [1.807, 2.05) is 12.1 Å². The zero-order chi connectivity index (χ0) is 16.7. The lowest BCUT2D eigenvalue weighted by Crippen LogP contribution is -2.26. The molecule has 0 spiro atoms. The van der Waals surface area contributed by atoms with Gasteiger partial charge < -0.3 is 4.42 Å². The average molecular weight is 339 g/mol. The van der Waals surface area contributed by atoms with Crippen LogP contribution in [0.3, 0.4) is 0 Å². The fraction of sp³-hybridized carbons (Fsp3) is 0. The first-order valence-corrected chi connectivity index (χ1v) is 7.81. The smallest absolute Gasteiger partial charge is 0.345 e. The molecule has 0 saturated carbocycles. The van der Waals surface area contributed by atoms with Crippen molar-refractivity contribution >= 4 is 22.3 Å². The number of nitrogens with zero attached hydrogens (tertiary/aromatic N) is 2. The van der Waals surface area contributed by atoms with E-state index in [1.165, 1.54) is 0 Å². The van der Waals surface area contributed by atoms with Crippen molar-refractivity contribution in [3.63, 3.8) is 0 Å². The molecular formula is C16H9N3O4S. The second-order valence-corrected chi connectivity index (χ2v) is 5.82. The maximum absolute atomic E-state index is 12.2. The van der Waals surface area contributed by atoms with E-state index in [2.05, 4.69) is 10.1 Å². The van der Waals surface area contributed by atoms with Crippen LogP contribution in [-0.4, -0.2) is 14.8 Å². The lowest BCUT2D eigenvalue weighted by molar-refractivity contribution is 0.563. The van der Waals surface area contributed by atoms with Crippen molar-refractivity contribution in [2.24, 2.45) is 0 Å². The number of aromatic nitrogens is 3. The van der Waals surface area contributed by atoms with Crippen LogP contribution in [0.4, 0.5) is 0 Å². The summed E-state index contributed by atoms with van der Waals surface area (Å²) in [6.07, 6.45) is 0. The predicted octanol–water partition coefficient (Wildman–Crippen LogP) is 1.76. The van der Waals surface area contributed by atoms with Crippen molar-refractivity contribution in [3.8, 4) is 16.4 Å². The Morgan fingerprint density at radius 3 is 2.79 bits per heavy atom. The highest BCUT2D eigenvalue weighted by atomic mass is 32.1.